The quantitative estimate of drug-likeness (QED) is 0.496. The van der Waals surface area contributed by atoms with Gasteiger partial charge in [0.25, 0.3) is 0 Å². The summed E-state index contributed by atoms with van der Waals surface area (Å²) in [5, 5.41) is 4.13. The van der Waals surface area contributed by atoms with Gasteiger partial charge in [0.2, 0.25) is 5.91 Å². The second kappa shape index (κ2) is 7.01. The number of hydrogen-bond donors (Lipinski definition) is 3. The fourth-order valence-electron chi connectivity index (χ4n) is 3.16. The maximum absolute atomic E-state index is 12.3. The van der Waals surface area contributed by atoms with Gasteiger partial charge in [0.1, 0.15) is 12.4 Å². The van der Waals surface area contributed by atoms with E-state index in [2.05, 4.69) is 26.3 Å². The normalized spacial score (nSPS) is 11.3. The molecule has 0 unspecified atom stereocenters. The van der Waals surface area contributed by atoms with Gasteiger partial charge in [0.05, 0.1) is 11.0 Å². The van der Waals surface area contributed by atoms with Crippen molar-refractivity contribution in [2.75, 3.05) is 12.4 Å². The van der Waals surface area contributed by atoms with Gasteiger partial charge >= 0.3 is 0 Å². The van der Waals surface area contributed by atoms with Crippen LogP contribution in [0.15, 0.2) is 48.7 Å². The number of anilines is 1. The molecule has 0 atom stereocenters. The standard InChI is InChI=1S/C20H20N4O2/c1-26-12-19-23-17-8-7-14(10-18(17)24-19)22-20(25)9-6-13-11-21-16-5-3-2-4-15(13)16/h2-5,7-8,10-11,21H,6,9,12H2,1H3,(H,22,25)(H,23,24). The number of carbonyl (C=O) groups is 1. The van der Waals surface area contributed by atoms with Crippen LogP contribution in [0.2, 0.25) is 0 Å². The minimum atomic E-state index is -0.00809. The number of carbonyl (C=O) groups excluding carboxylic acids is 1. The molecule has 0 fully saturated rings. The van der Waals surface area contributed by atoms with E-state index in [1.807, 2.05) is 42.6 Å². The van der Waals surface area contributed by atoms with Gasteiger partial charge in [0.15, 0.2) is 0 Å². The summed E-state index contributed by atoms with van der Waals surface area (Å²) in [6.07, 6.45) is 3.10. The molecule has 4 rings (SSSR count). The van der Waals surface area contributed by atoms with Gasteiger partial charge in [-0.05, 0) is 36.2 Å². The zero-order chi connectivity index (χ0) is 17.9. The van der Waals surface area contributed by atoms with Gasteiger partial charge in [0, 0.05) is 36.3 Å². The Balaban J connectivity index is 1.42. The van der Waals surface area contributed by atoms with Gasteiger partial charge in [-0.25, -0.2) is 4.98 Å². The second-order valence-electron chi connectivity index (χ2n) is 6.26. The minimum Gasteiger partial charge on any atom is -0.377 e. The lowest BCUT2D eigenvalue weighted by Crippen LogP contribution is -2.12. The van der Waals surface area contributed by atoms with E-state index in [4.69, 9.17) is 4.74 Å². The van der Waals surface area contributed by atoms with Crippen molar-refractivity contribution in [1.82, 2.24) is 15.0 Å². The van der Waals surface area contributed by atoms with Crippen molar-refractivity contribution in [3.63, 3.8) is 0 Å². The summed E-state index contributed by atoms with van der Waals surface area (Å²) < 4.78 is 5.08. The molecule has 3 N–H and O–H groups in total. The number of benzene rings is 2. The molecule has 0 aliphatic rings. The number of nitrogens with zero attached hydrogens (tertiary/aromatic N) is 1. The Kier molecular flexibility index (Phi) is 4.41. The van der Waals surface area contributed by atoms with Crippen LogP contribution >= 0.6 is 0 Å². The van der Waals surface area contributed by atoms with Crippen LogP contribution in [0.5, 0.6) is 0 Å². The Morgan fingerprint density at radius 2 is 2.08 bits per heavy atom. The molecule has 0 saturated heterocycles. The highest BCUT2D eigenvalue weighted by Gasteiger charge is 2.09. The molecule has 0 radical (unpaired) electrons. The third-order valence-electron chi connectivity index (χ3n) is 4.39. The number of ether oxygens (including phenoxy) is 1. The number of H-pyrrole nitrogens is 2. The van der Waals surface area contributed by atoms with E-state index in [0.717, 1.165) is 33.6 Å². The summed E-state index contributed by atoms with van der Waals surface area (Å²) in [7, 11) is 1.63. The number of methoxy groups -OCH3 is 1. The van der Waals surface area contributed by atoms with E-state index in [9.17, 15) is 4.79 Å². The summed E-state index contributed by atoms with van der Waals surface area (Å²) in [6.45, 7) is 0.432. The lowest BCUT2D eigenvalue weighted by molar-refractivity contribution is -0.116. The smallest absolute Gasteiger partial charge is 0.224 e. The maximum Gasteiger partial charge on any atom is 0.224 e. The lowest BCUT2D eigenvalue weighted by Gasteiger charge is -2.05. The molecule has 0 aliphatic carbocycles. The highest BCUT2D eigenvalue weighted by Crippen LogP contribution is 2.20. The van der Waals surface area contributed by atoms with Crippen LogP contribution in [0.3, 0.4) is 0 Å². The van der Waals surface area contributed by atoms with E-state index in [1.165, 1.54) is 5.39 Å². The van der Waals surface area contributed by atoms with Crippen molar-refractivity contribution >= 4 is 33.5 Å². The second-order valence-corrected chi connectivity index (χ2v) is 6.26. The molecule has 2 heterocycles. The van der Waals surface area contributed by atoms with E-state index in [0.29, 0.717) is 19.4 Å². The van der Waals surface area contributed by atoms with Crippen LogP contribution in [0, 0.1) is 0 Å². The average molecular weight is 348 g/mol. The average Bonchev–Trinajstić information content (AvgIpc) is 3.23. The monoisotopic (exact) mass is 348 g/mol. The number of para-hydroxylation sites is 1. The molecule has 6 heteroatoms. The van der Waals surface area contributed by atoms with Crippen molar-refractivity contribution in [3.8, 4) is 0 Å². The van der Waals surface area contributed by atoms with E-state index < -0.39 is 0 Å². The van der Waals surface area contributed by atoms with Gasteiger partial charge in [-0.15, -0.1) is 0 Å². The SMILES string of the molecule is COCc1nc2ccc(NC(=O)CCc3c[nH]c4ccccc34)cc2[nH]1. The molecule has 6 nitrogen and oxygen atoms in total. The molecular weight excluding hydrogens is 328 g/mol. The number of fused-ring (bicyclic) bond motifs is 2. The van der Waals surface area contributed by atoms with Gasteiger partial charge < -0.3 is 20.0 Å². The van der Waals surface area contributed by atoms with Crippen molar-refractivity contribution < 1.29 is 9.53 Å². The number of aromatic amines is 2. The van der Waals surface area contributed by atoms with Crippen molar-refractivity contribution in [2.45, 2.75) is 19.4 Å². The van der Waals surface area contributed by atoms with Crippen LogP contribution in [0.1, 0.15) is 17.8 Å². The Labute approximate surface area is 150 Å². The first-order valence-corrected chi connectivity index (χ1v) is 8.55. The molecule has 2 aromatic carbocycles. The number of aryl methyl sites for hydroxylation is 1. The number of nitrogens with one attached hydrogen (secondary N) is 3. The number of imidazole rings is 1. The summed E-state index contributed by atoms with van der Waals surface area (Å²) in [6, 6.07) is 13.8. The van der Waals surface area contributed by atoms with Crippen LogP contribution in [0.4, 0.5) is 5.69 Å². The fourth-order valence-corrected chi connectivity index (χ4v) is 3.16. The summed E-state index contributed by atoms with van der Waals surface area (Å²) in [4.78, 5) is 23.2. The fraction of sp³-hybridized carbons (Fsp3) is 0.200. The summed E-state index contributed by atoms with van der Waals surface area (Å²) >= 11 is 0. The van der Waals surface area contributed by atoms with E-state index in [1.54, 1.807) is 7.11 Å². The molecule has 4 aromatic rings. The third-order valence-corrected chi connectivity index (χ3v) is 4.39. The zero-order valence-electron chi connectivity index (χ0n) is 14.5. The van der Waals surface area contributed by atoms with Crippen LogP contribution in [-0.4, -0.2) is 28.0 Å². The molecule has 2 aromatic heterocycles. The Bertz CT molecular complexity index is 1060. The lowest BCUT2D eigenvalue weighted by atomic mass is 10.1. The predicted molar refractivity (Wildman–Crippen MR) is 102 cm³/mol. The predicted octanol–water partition coefficient (Wildman–Crippen LogP) is 3.76. The molecule has 0 spiro atoms. The molecule has 132 valence electrons. The number of amides is 1. The minimum absolute atomic E-state index is 0.00809. The number of rotatable bonds is 6. The van der Waals surface area contributed by atoms with Crippen molar-refractivity contribution in [1.29, 1.82) is 0 Å². The number of aromatic nitrogens is 3. The van der Waals surface area contributed by atoms with Crippen molar-refractivity contribution in [2.24, 2.45) is 0 Å². The first-order valence-electron chi connectivity index (χ1n) is 8.55. The van der Waals surface area contributed by atoms with Crippen LogP contribution in [0.25, 0.3) is 21.9 Å². The molecule has 1 amide bonds. The highest BCUT2D eigenvalue weighted by molar-refractivity contribution is 5.93. The number of hydrogen-bond acceptors (Lipinski definition) is 3. The molecule has 26 heavy (non-hydrogen) atoms. The Morgan fingerprint density at radius 3 is 2.96 bits per heavy atom. The Morgan fingerprint density at radius 1 is 1.19 bits per heavy atom. The zero-order valence-corrected chi connectivity index (χ0v) is 14.5. The van der Waals surface area contributed by atoms with Gasteiger partial charge in [-0.2, -0.15) is 0 Å². The maximum atomic E-state index is 12.3. The molecule has 0 bridgehead atoms. The van der Waals surface area contributed by atoms with Gasteiger partial charge in [-0.1, -0.05) is 18.2 Å². The molecule has 0 aliphatic heterocycles. The van der Waals surface area contributed by atoms with E-state index >= 15 is 0 Å². The summed E-state index contributed by atoms with van der Waals surface area (Å²) in [5.74, 6) is 0.761. The molecular formula is C20H20N4O2. The van der Waals surface area contributed by atoms with Crippen molar-refractivity contribution in [3.05, 3.63) is 60.0 Å². The van der Waals surface area contributed by atoms with Crippen LogP contribution < -0.4 is 5.32 Å². The first kappa shape index (κ1) is 16.4. The Hall–Kier alpha value is -3.12. The first-order chi connectivity index (χ1) is 12.7. The highest BCUT2D eigenvalue weighted by atomic mass is 16.5. The van der Waals surface area contributed by atoms with Gasteiger partial charge in [-0.3, -0.25) is 4.79 Å². The topological polar surface area (TPSA) is 82.8 Å². The summed E-state index contributed by atoms with van der Waals surface area (Å²) in [5.41, 5.74) is 4.75. The van der Waals surface area contributed by atoms with E-state index in [-0.39, 0.29) is 5.91 Å². The third kappa shape index (κ3) is 3.32. The van der Waals surface area contributed by atoms with Crippen LogP contribution in [-0.2, 0) is 22.6 Å². The molecule has 0 saturated carbocycles. The largest absolute Gasteiger partial charge is 0.377 e.